The van der Waals surface area contributed by atoms with Crippen molar-refractivity contribution in [3.8, 4) is 0 Å². The third-order valence-electron chi connectivity index (χ3n) is 2.37. The van der Waals surface area contributed by atoms with Gasteiger partial charge in [-0.2, -0.15) is 11.3 Å². The van der Waals surface area contributed by atoms with E-state index < -0.39 is 5.91 Å². The molecule has 0 aliphatic rings. The van der Waals surface area contributed by atoms with Gasteiger partial charge < -0.3 is 11.1 Å². The summed E-state index contributed by atoms with van der Waals surface area (Å²) in [6, 6.07) is 3.06. The lowest BCUT2D eigenvalue weighted by atomic mass is 10.2. The lowest BCUT2D eigenvalue weighted by Gasteiger charge is -2.04. The standard InChI is InChI=1S/C12H11N3O2S/c1-7-5-18-6-9(7)12(17)15-8-2-3-10(11(13)16)14-4-8/h2-6H,1H3,(H2,13,16)(H,15,17). The molecule has 0 fully saturated rings. The summed E-state index contributed by atoms with van der Waals surface area (Å²) in [7, 11) is 0. The summed E-state index contributed by atoms with van der Waals surface area (Å²) in [5, 5.41) is 6.40. The molecule has 2 heterocycles. The highest BCUT2D eigenvalue weighted by molar-refractivity contribution is 7.08. The SMILES string of the molecule is Cc1cscc1C(=O)Nc1ccc(C(N)=O)nc1. The molecule has 18 heavy (non-hydrogen) atoms. The van der Waals surface area contributed by atoms with E-state index >= 15 is 0 Å². The summed E-state index contributed by atoms with van der Waals surface area (Å²) < 4.78 is 0. The first kappa shape index (κ1) is 12.3. The zero-order chi connectivity index (χ0) is 13.1. The summed E-state index contributed by atoms with van der Waals surface area (Å²) in [4.78, 5) is 26.6. The van der Waals surface area contributed by atoms with Gasteiger partial charge in [-0.3, -0.25) is 9.59 Å². The predicted molar refractivity (Wildman–Crippen MR) is 69.8 cm³/mol. The fourth-order valence-electron chi connectivity index (χ4n) is 1.41. The van der Waals surface area contributed by atoms with Crippen LogP contribution in [-0.2, 0) is 0 Å². The van der Waals surface area contributed by atoms with Crippen molar-refractivity contribution in [2.45, 2.75) is 6.92 Å². The summed E-state index contributed by atoms with van der Waals surface area (Å²) >= 11 is 1.47. The molecule has 2 aromatic heterocycles. The normalized spacial score (nSPS) is 10.1. The molecule has 0 aliphatic heterocycles. The number of anilines is 1. The predicted octanol–water partition coefficient (Wildman–Crippen LogP) is 1.80. The number of thiophene rings is 1. The van der Waals surface area contributed by atoms with E-state index in [1.165, 1.54) is 23.6 Å². The van der Waals surface area contributed by atoms with Crippen LogP contribution in [0.1, 0.15) is 26.4 Å². The van der Waals surface area contributed by atoms with E-state index in [4.69, 9.17) is 5.73 Å². The van der Waals surface area contributed by atoms with Crippen molar-refractivity contribution in [2.24, 2.45) is 5.73 Å². The van der Waals surface area contributed by atoms with Gasteiger partial charge in [0.25, 0.3) is 11.8 Å². The van der Waals surface area contributed by atoms with Gasteiger partial charge in [-0.1, -0.05) is 0 Å². The zero-order valence-electron chi connectivity index (χ0n) is 9.64. The Morgan fingerprint density at radius 3 is 2.61 bits per heavy atom. The Bertz CT molecular complexity index is 590. The van der Waals surface area contributed by atoms with E-state index in [-0.39, 0.29) is 11.6 Å². The number of primary amides is 1. The van der Waals surface area contributed by atoms with E-state index in [0.717, 1.165) is 5.56 Å². The first-order valence-corrected chi connectivity index (χ1v) is 6.12. The second kappa shape index (κ2) is 4.97. The number of nitrogens with two attached hydrogens (primary N) is 1. The fraction of sp³-hybridized carbons (Fsp3) is 0.0833. The smallest absolute Gasteiger partial charge is 0.267 e. The molecule has 0 atom stereocenters. The van der Waals surface area contributed by atoms with Crippen molar-refractivity contribution >= 4 is 28.8 Å². The number of aryl methyl sites for hydroxylation is 1. The fourth-order valence-corrected chi connectivity index (χ4v) is 2.23. The number of rotatable bonds is 3. The highest BCUT2D eigenvalue weighted by Gasteiger charge is 2.10. The van der Waals surface area contributed by atoms with Gasteiger partial charge in [-0.25, -0.2) is 4.98 Å². The second-order valence-corrected chi connectivity index (χ2v) is 4.46. The van der Waals surface area contributed by atoms with Crippen LogP contribution in [0, 0.1) is 6.92 Å². The molecule has 0 aliphatic carbocycles. The first-order chi connectivity index (χ1) is 8.58. The molecule has 3 N–H and O–H groups in total. The molecule has 6 heteroatoms. The topological polar surface area (TPSA) is 85.1 Å². The number of hydrogen-bond acceptors (Lipinski definition) is 4. The summed E-state index contributed by atoms with van der Waals surface area (Å²) in [5.74, 6) is -0.788. The number of nitrogens with zero attached hydrogens (tertiary/aromatic N) is 1. The van der Waals surface area contributed by atoms with Gasteiger partial charge in [-0.15, -0.1) is 0 Å². The lowest BCUT2D eigenvalue weighted by Crippen LogP contribution is -2.15. The number of hydrogen-bond donors (Lipinski definition) is 2. The van der Waals surface area contributed by atoms with E-state index in [1.54, 1.807) is 11.4 Å². The summed E-state index contributed by atoms with van der Waals surface area (Å²) in [6.07, 6.45) is 1.40. The van der Waals surface area contributed by atoms with Gasteiger partial charge in [-0.05, 0) is 30.0 Å². The van der Waals surface area contributed by atoms with Crippen molar-refractivity contribution in [3.05, 3.63) is 45.9 Å². The van der Waals surface area contributed by atoms with Crippen molar-refractivity contribution in [1.82, 2.24) is 4.98 Å². The van der Waals surface area contributed by atoms with Crippen molar-refractivity contribution in [3.63, 3.8) is 0 Å². The van der Waals surface area contributed by atoms with Crippen molar-refractivity contribution < 1.29 is 9.59 Å². The molecule has 0 spiro atoms. The maximum atomic E-state index is 11.9. The Kier molecular flexibility index (Phi) is 3.38. The first-order valence-electron chi connectivity index (χ1n) is 5.18. The van der Waals surface area contributed by atoms with Crippen LogP contribution in [0.25, 0.3) is 0 Å². The van der Waals surface area contributed by atoms with E-state index in [9.17, 15) is 9.59 Å². The van der Waals surface area contributed by atoms with Crippen LogP contribution >= 0.6 is 11.3 Å². The third kappa shape index (κ3) is 2.54. The molecule has 0 radical (unpaired) electrons. The minimum absolute atomic E-state index is 0.166. The Morgan fingerprint density at radius 2 is 2.11 bits per heavy atom. The van der Waals surface area contributed by atoms with Gasteiger partial charge in [0.05, 0.1) is 17.4 Å². The van der Waals surface area contributed by atoms with Gasteiger partial charge in [0.15, 0.2) is 0 Å². The molecule has 5 nitrogen and oxygen atoms in total. The molecule has 2 aromatic rings. The number of carbonyl (C=O) groups is 2. The molecular weight excluding hydrogens is 250 g/mol. The summed E-state index contributed by atoms with van der Waals surface area (Å²) in [5.41, 5.74) is 7.33. The second-order valence-electron chi connectivity index (χ2n) is 3.72. The number of pyridine rings is 1. The number of carbonyl (C=O) groups excluding carboxylic acids is 2. The van der Waals surface area contributed by atoms with E-state index in [0.29, 0.717) is 11.3 Å². The molecule has 0 saturated carbocycles. The van der Waals surface area contributed by atoms with Crippen LogP contribution in [0.3, 0.4) is 0 Å². The quantitative estimate of drug-likeness (QED) is 0.883. The number of aromatic nitrogens is 1. The van der Waals surface area contributed by atoms with Crippen LogP contribution in [0.4, 0.5) is 5.69 Å². The van der Waals surface area contributed by atoms with E-state index in [2.05, 4.69) is 10.3 Å². The molecule has 0 bridgehead atoms. The monoisotopic (exact) mass is 261 g/mol. The molecule has 0 unspecified atom stereocenters. The van der Waals surface area contributed by atoms with Gasteiger partial charge in [0, 0.05) is 5.38 Å². The summed E-state index contributed by atoms with van der Waals surface area (Å²) in [6.45, 7) is 1.87. The van der Waals surface area contributed by atoms with Crippen molar-refractivity contribution in [2.75, 3.05) is 5.32 Å². The maximum absolute atomic E-state index is 11.9. The largest absolute Gasteiger partial charge is 0.364 e. The molecule has 2 amide bonds. The van der Waals surface area contributed by atoms with Crippen LogP contribution in [0.2, 0.25) is 0 Å². The lowest BCUT2D eigenvalue weighted by molar-refractivity contribution is 0.0994. The highest BCUT2D eigenvalue weighted by atomic mass is 32.1. The highest BCUT2D eigenvalue weighted by Crippen LogP contribution is 2.16. The van der Waals surface area contributed by atoms with Gasteiger partial charge >= 0.3 is 0 Å². The molecule has 0 saturated heterocycles. The van der Waals surface area contributed by atoms with Crippen LogP contribution in [-0.4, -0.2) is 16.8 Å². The van der Waals surface area contributed by atoms with Crippen LogP contribution in [0.15, 0.2) is 29.1 Å². The minimum atomic E-state index is -0.596. The zero-order valence-corrected chi connectivity index (χ0v) is 10.5. The molecular formula is C12H11N3O2S. The van der Waals surface area contributed by atoms with Crippen molar-refractivity contribution in [1.29, 1.82) is 0 Å². The Hall–Kier alpha value is -2.21. The Labute approximate surface area is 108 Å². The molecule has 92 valence electrons. The maximum Gasteiger partial charge on any atom is 0.267 e. The van der Waals surface area contributed by atoms with Gasteiger partial charge in [0.1, 0.15) is 5.69 Å². The minimum Gasteiger partial charge on any atom is -0.364 e. The average molecular weight is 261 g/mol. The Balaban J connectivity index is 2.13. The molecule has 2 rings (SSSR count). The van der Waals surface area contributed by atoms with Crippen LogP contribution < -0.4 is 11.1 Å². The number of nitrogens with one attached hydrogen (secondary N) is 1. The van der Waals surface area contributed by atoms with Gasteiger partial charge in [0.2, 0.25) is 0 Å². The van der Waals surface area contributed by atoms with E-state index in [1.807, 2.05) is 12.3 Å². The number of amides is 2. The molecule has 0 aromatic carbocycles. The Morgan fingerprint density at radius 1 is 1.33 bits per heavy atom. The average Bonchev–Trinajstić information content (AvgIpc) is 2.76. The third-order valence-corrected chi connectivity index (χ3v) is 3.24. The van der Waals surface area contributed by atoms with Crippen LogP contribution in [0.5, 0.6) is 0 Å².